The molecule has 1 rings (SSSR count). The Morgan fingerprint density at radius 2 is 2.28 bits per heavy atom. The third kappa shape index (κ3) is 6.28. The predicted molar refractivity (Wildman–Crippen MR) is 75.1 cm³/mol. The van der Waals surface area contributed by atoms with Gasteiger partial charge in [0.05, 0.1) is 16.7 Å². The quantitative estimate of drug-likeness (QED) is 0.785. The monoisotopic (exact) mass is 307 g/mol. The minimum Gasteiger partial charge on any atom is -0.465 e. The van der Waals surface area contributed by atoms with Gasteiger partial charge in [-0.2, -0.15) is 0 Å². The fourth-order valence-electron chi connectivity index (χ4n) is 1.11. The van der Waals surface area contributed by atoms with Gasteiger partial charge in [0.1, 0.15) is 6.54 Å². The van der Waals surface area contributed by atoms with E-state index < -0.39 is 5.97 Å². The molecule has 1 amide bonds. The fraction of sp³-hybridized carbons (Fsp3) is 0.455. The van der Waals surface area contributed by atoms with Gasteiger partial charge in [-0.25, -0.2) is 0 Å². The summed E-state index contributed by atoms with van der Waals surface area (Å²) >= 11 is 8.78. The van der Waals surface area contributed by atoms with E-state index in [1.54, 1.807) is 6.92 Å². The summed E-state index contributed by atoms with van der Waals surface area (Å²) < 4.78 is 5.44. The zero-order valence-corrected chi connectivity index (χ0v) is 12.3. The molecule has 0 saturated heterocycles. The highest BCUT2D eigenvalue weighted by Gasteiger charge is 2.06. The topological polar surface area (TPSA) is 55.4 Å². The molecule has 4 nitrogen and oxygen atoms in total. The van der Waals surface area contributed by atoms with E-state index in [1.807, 2.05) is 12.1 Å². The molecule has 0 aromatic carbocycles. The SMILES string of the molecule is CCOC(=O)CNC(=O)CSCc1ccc(Cl)s1. The van der Waals surface area contributed by atoms with Gasteiger partial charge in [-0.05, 0) is 19.1 Å². The van der Waals surface area contributed by atoms with Crippen molar-refractivity contribution >= 4 is 46.6 Å². The number of carbonyl (C=O) groups is 2. The zero-order valence-electron chi connectivity index (χ0n) is 9.90. The van der Waals surface area contributed by atoms with Gasteiger partial charge in [0, 0.05) is 10.6 Å². The molecule has 0 bridgehead atoms. The molecule has 0 aliphatic heterocycles. The minimum atomic E-state index is -0.416. The number of amides is 1. The summed E-state index contributed by atoms with van der Waals surface area (Å²) in [5.74, 6) is 0.468. The maximum Gasteiger partial charge on any atom is 0.325 e. The Morgan fingerprint density at radius 1 is 1.50 bits per heavy atom. The van der Waals surface area contributed by atoms with E-state index in [9.17, 15) is 9.59 Å². The van der Waals surface area contributed by atoms with Gasteiger partial charge in [-0.3, -0.25) is 9.59 Å². The molecular weight excluding hydrogens is 294 g/mol. The first kappa shape index (κ1) is 15.3. The third-order valence-electron chi connectivity index (χ3n) is 1.84. The van der Waals surface area contributed by atoms with Crippen LogP contribution in [0.3, 0.4) is 0 Å². The molecule has 0 fully saturated rings. The molecular formula is C11H14ClNO3S2. The van der Waals surface area contributed by atoms with E-state index in [2.05, 4.69) is 5.32 Å². The van der Waals surface area contributed by atoms with Crippen molar-refractivity contribution in [3.8, 4) is 0 Å². The van der Waals surface area contributed by atoms with E-state index in [4.69, 9.17) is 16.3 Å². The van der Waals surface area contributed by atoms with Gasteiger partial charge >= 0.3 is 5.97 Å². The smallest absolute Gasteiger partial charge is 0.325 e. The van der Waals surface area contributed by atoms with Crippen LogP contribution in [0.1, 0.15) is 11.8 Å². The number of thioether (sulfide) groups is 1. The van der Waals surface area contributed by atoms with Crippen LogP contribution in [-0.2, 0) is 20.1 Å². The second kappa shape index (κ2) is 8.39. The zero-order chi connectivity index (χ0) is 13.4. The lowest BCUT2D eigenvalue weighted by atomic mass is 10.5. The van der Waals surface area contributed by atoms with E-state index in [0.717, 1.165) is 15.0 Å². The number of ether oxygens (including phenoxy) is 1. The molecule has 18 heavy (non-hydrogen) atoms. The van der Waals surface area contributed by atoms with E-state index in [-0.39, 0.29) is 12.5 Å². The number of carbonyl (C=O) groups excluding carboxylic acids is 2. The number of halogens is 1. The average Bonchev–Trinajstić information content (AvgIpc) is 2.73. The molecule has 1 aromatic heterocycles. The lowest BCUT2D eigenvalue weighted by Crippen LogP contribution is -2.31. The van der Waals surface area contributed by atoms with Crippen LogP contribution in [0.2, 0.25) is 4.34 Å². The Kier molecular flexibility index (Phi) is 7.15. The van der Waals surface area contributed by atoms with Crippen LogP contribution in [0.15, 0.2) is 12.1 Å². The molecule has 0 saturated carbocycles. The summed E-state index contributed by atoms with van der Waals surface area (Å²) in [6.07, 6.45) is 0. The van der Waals surface area contributed by atoms with Crippen LogP contribution in [0.5, 0.6) is 0 Å². The lowest BCUT2D eigenvalue weighted by Gasteiger charge is -2.04. The summed E-state index contributed by atoms with van der Waals surface area (Å²) in [5.41, 5.74) is 0. The second-order valence-electron chi connectivity index (χ2n) is 3.28. The van der Waals surface area contributed by atoms with Crippen molar-refractivity contribution in [1.82, 2.24) is 5.32 Å². The van der Waals surface area contributed by atoms with Crippen LogP contribution in [0, 0.1) is 0 Å². The standard InChI is InChI=1S/C11H14ClNO3S2/c1-2-16-11(15)5-13-10(14)7-17-6-8-3-4-9(12)18-8/h3-4H,2,5-7H2,1H3,(H,13,14). The van der Waals surface area contributed by atoms with Crippen molar-refractivity contribution in [3.05, 3.63) is 21.3 Å². The van der Waals surface area contributed by atoms with Crippen LogP contribution >= 0.6 is 34.7 Å². The summed E-state index contributed by atoms with van der Waals surface area (Å²) in [6, 6.07) is 3.78. The lowest BCUT2D eigenvalue weighted by molar-refractivity contribution is -0.143. The normalized spacial score (nSPS) is 10.1. The van der Waals surface area contributed by atoms with Gasteiger partial charge in [0.15, 0.2) is 0 Å². The Morgan fingerprint density at radius 3 is 2.89 bits per heavy atom. The van der Waals surface area contributed by atoms with Gasteiger partial charge in [-0.1, -0.05) is 11.6 Å². The minimum absolute atomic E-state index is 0.0714. The number of rotatable bonds is 7. The van der Waals surface area contributed by atoms with Crippen LogP contribution in [-0.4, -0.2) is 30.8 Å². The Hall–Kier alpha value is -0.720. The highest BCUT2D eigenvalue weighted by atomic mass is 35.5. The highest BCUT2D eigenvalue weighted by molar-refractivity contribution is 7.99. The highest BCUT2D eigenvalue weighted by Crippen LogP contribution is 2.24. The van der Waals surface area contributed by atoms with Crippen molar-refractivity contribution in [2.45, 2.75) is 12.7 Å². The Bertz CT molecular complexity index is 409. The summed E-state index contributed by atoms with van der Waals surface area (Å²) in [6.45, 7) is 1.97. The average molecular weight is 308 g/mol. The maximum atomic E-state index is 11.4. The van der Waals surface area contributed by atoms with E-state index in [1.165, 1.54) is 23.1 Å². The van der Waals surface area contributed by atoms with Crippen molar-refractivity contribution < 1.29 is 14.3 Å². The molecule has 0 aliphatic rings. The molecule has 0 aliphatic carbocycles. The fourth-order valence-corrected chi connectivity index (χ4v) is 3.16. The Balaban J connectivity index is 2.12. The number of nitrogens with one attached hydrogen (secondary N) is 1. The number of hydrogen-bond acceptors (Lipinski definition) is 5. The number of thiophene rings is 1. The Labute approximate surface area is 119 Å². The van der Waals surface area contributed by atoms with E-state index in [0.29, 0.717) is 12.4 Å². The van der Waals surface area contributed by atoms with Crippen molar-refractivity contribution in [1.29, 1.82) is 0 Å². The predicted octanol–water partition coefficient (Wildman–Crippen LogP) is 2.31. The molecule has 100 valence electrons. The van der Waals surface area contributed by atoms with Gasteiger partial charge in [-0.15, -0.1) is 23.1 Å². The van der Waals surface area contributed by atoms with Crippen molar-refractivity contribution in [2.75, 3.05) is 18.9 Å². The van der Waals surface area contributed by atoms with Crippen LogP contribution in [0.25, 0.3) is 0 Å². The van der Waals surface area contributed by atoms with E-state index >= 15 is 0 Å². The molecule has 1 heterocycles. The molecule has 0 unspecified atom stereocenters. The van der Waals surface area contributed by atoms with Crippen LogP contribution in [0.4, 0.5) is 0 Å². The number of esters is 1. The third-order valence-corrected chi connectivity index (χ3v) is 4.24. The first-order valence-electron chi connectivity index (χ1n) is 5.36. The molecule has 0 spiro atoms. The summed E-state index contributed by atoms with van der Waals surface area (Å²) in [4.78, 5) is 23.5. The van der Waals surface area contributed by atoms with Crippen molar-refractivity contribution in [3.63, 3.8) is 0 Å². The summed E-state index contributed by atoms with van der Waals surface area (Å²) in [7, 11) is 0. The van der Waals surface area contributed by atoms with Gasteiger partial charge in [0.25, 0.3) is 0 Å². The molecule has 7 heteroatoms. The summed E-state index contributed by atoms with van der Waals surface area (Å²) in [5, 5.41) is 2.50. The molecule has 0 radical (unpaired) electrons. The maximum absolute atomic E-state index is 11.4. The van der Waals surface area contributed by atoms with Gasteiger partial charge in [0.2, 0.25) is 5.91 Å². The second-order valence-corrected chi connectivity index (χ2v) is 6.07. The number of hydrogen-bond donors (Lipinski definition) is 1. The van der Waals surface area contributed by atoms with Gasteiger partial charge < -0.3 is 10.1 Å². The first-order chi connectivity index (χ1) is 8.61. The molecule has 1 aromatic rings. The van der Waals surface area contributed by atoms with Crippen LogP contribution < -0.4 is 5.32 Å². The molecule has 1 N–H and O–H groups in total. The molecule has 0 atom stereocenters. The largest absolute Gasteiger partial charge is 0.465 e. The first-order valence-corrected chi connectivity index (χ1v) is 7.71. The van der Waals surface area contributed by atoms with Crippen molar-refractivity contribution in [2.24, 2.45) is 0 Å².